The van der Waals surface area contributed by atoms with Crippen molar-refractivity contribution in [1.29, 1.82) is 0 Å². The number of fused-ring (bicyclic) bond motifs is 5. The van der Waals surface area contributed by atoms with Crippen molar-refractivity contribution in [3.05, 3.63) is 11.6 Å². The maximum Gasteiger partial charge on any atom is 0.184 e. The number of carbonyl (C=O) groups excluding carboxylic acids is 1. The highest BCUT2D eigenvalue weighted by Crippen LogP contribution is 2.65. The molecule has 0 aliphatic heterocycles. The largest absolute Gasteiger partial charge is 0.393 e. The van der Waals surface area contributed by atoms with Gasteiger partial charge in [0, 0.05) is 0 Å². The van der Waals surface area contributed by atoms with Gasteiger partial charge >= 0.3 is 0 Å². The molecule has 122 valence electrons. The summed E-state index contributed by atoms with van der Waals surface area (Å²) < 4.78 is 0. The molecule has 3 saturated carbocycles. The maximum absolute atomic E-state index is 11.9. The number of hydrogen-bond acceptors (Lipinski definition) is 3. The number of rotatable bonds is 0. The Hall–Kier alpha value is -0.670. The van der Waals surface area contributed by atoms with Crippen LogP contribution in [0, 0.1) is 28.6 Å². The van der Waals surface area contributed by atoms with E-state index in [1.54, 1.807) is 6.08 Å². The SMILES string of the molecule is C[C@]12CC[C@H]3[C@@H](CCC4=CC(=O)C(O)C[C@@]43C)[C@@H]1CC[C@@H]2O. The van der Waals surface area contributed by atoms with Gasteiger partial charge in [-0.05, 0) is 79.6 Å². The lowest BCUT2D eigenvalue weighted by Crippen LogP contribution is -2.52. The molecule has 0 aromatic carbocycles. The molecule has 0 bridgehead atoms. The number of aliphatic hydroxyl groups excluding tert-OH is 2. The molecule has 22 heavy (non-hydrogen) atoms. The second-order valence-electron chi connectivity index (χ2n) is 8.76. The van der Waals surface area contributed by atoms with Gasteiger partial charge < -0.3 is 10.2 Å². The number of ketones is 1. The molecule has 0 radical (unpaired) electrons. The van der Waals surface area contributed by atoms with Crippen LogP contribution in [0.3, 0.4) is 0 Å². The first-order chi connectivity index (χ1) is 10.4. The van der Waals surface area contributed by atoms with Crippen LogP contribution in [0.5, 0.6) is 0 Å². The fraction of sp³-hybridized carbons (Fsp3) is 0.842. The van der Waals surface area contributed by atoms with Crippen molar-refractivity contribution in [2.24, 2.45) is 28.6 Å². The number of aliphatic hydroxyl groups is 2. The molecule has 1 unspecified atom stereocenters. The summed E-state index contributed by atoms with van der Waals surface area (Å²) in [5.74, 6) is 1.74. The molecule has 2 N–H and O–H groups in total. The number of carbonyl (C=O) groups is 1. The van der Waals surface area contributed by atoms with Crippen LogP contribution < -0.4 is 0 Å². The minimum atomic E-state index is -0.810. The molecular weight excluding hydrogens is 276 g/mol. The minimum absolute atomic E-state index is 0.00881. The van der Waals surface area contributed by atoms with Crippen molar-refractivity contribution in [3.8, 4) is 0 Å². The summed E-state index contributed by atoms with van der Waals surface area (Å²) in [5, 5.41) is 20.6. The van der Waals surface area contributed by atoms with Crippen LogP contribution in [0.15, 0.2) is 11.6 Å². The Balaban J connectivity index is 1.70. The molecule has 0 saturated heterocycles. The summed E-state index contributed by atoms with van der Waals surface area (Å²) in [7, 11) is 0. The molecule has 3 fully saturated rings. The average molecular weight is 304 g/mol. The second-order valence-corrected chi connectivity index (χ2v) is 8.76. The van der Waals surface area contributed by atoms with Gasteiger partial charge in [0.2, 0.25) is 0 Å². The molecule has 0 aromatic heterocycles. The van der Waals surface area contributed by atoms with Gasteiger partial charge in [-0.3, -0.25) is 4.79 Å². The van der Waals surface area contributed by atoms with Crippen molar-refractivity contribution in [2.75, 3.05) is 0 Å². The number of hydrogen-bond donors (Lipinski definition) is 2. The van der Waals surface area contributed by atoms with Crippen LogP contribution >= 0.6 is 0 Å². The Morgan fingerprint density at radius 1 is 1.09 bits per heavy atom. The van der Waals surface area contributed by atoms with Crippen LogP contribution in [0.25, 0.3) is 0 Å². The molecule has 4 rings (SSSR count). The highest BCUT2D eigenvalue weighted by atomic mass is 16.3. The fourth-order valence-electron chi connectivity index (χ4n) is 6.59. The number of allylic oxidation sites excluding steroid dienone is 1. The Bertz CT molecular complexity index is 539. The van der Waals surface area contributed by atoms with Crippen molar-refractivity contribution in [2.45, 2.75) is 71.0 Å². The average Bonchev–Trinajstić information content (AvgIpc) is 2.77. The van der Waals surface area contributed by atoms with E-state index in [4.69, 9.17) is 0 Å². The second kappa shape index (κ2) is 4.67. The molecule has 7 atom stereocenters. The summed E-state index contributed by atoms with van der Waals surface area (Å²) in [6.07, 6.45) is 7.88. The van der Waals surface area contributed by atoms with E-state index in [0.717, 1.165) is 38.5 Å². The summed E-state index contributed by atoms with van der Waals surface area (Å²) in [6, 6.07) is 0. The quantitative estimate of drug-likeness (QED) is 0.723. The fourth-order valence-corrected chi connectivity index (χ4v) is 6.59. The van der Waals surface area contributed by atoms with Gasteiger partial charge in [0.15, 0.2) is 5.78 Å². The Morgan fingerprint density at radius 2 is 1.86 bits per heavy atom. The van der Waals surface area contributed by atoms with E-state index < -0.39 is 6.10 Å². The van der Waals surface area contributed by atoms with E-state index >= 15 is 0 Å². The van der Waals surface area contributed by atoms with E-state index in [-0.39, 0.29) is 22.7 Å². The molecule has 0 amide bonds. The molecular formula is C19H28O3. The van der Waals surface area contributed by atoms with E-state index in [2.05, 4.69) is 13.8 Å². The lowest BCUT2D eigenvalue weighted by Gasteiger charge is -2.58. The van der Waals surface area contributed by atoms with Crippen LogP contribution in [0.1, 0.15) is 58.8 Å². The first-order valence-corrected chi connectivity index (χ1v) is 8.97. The van der Waals surface area contributed by atoms with Crippen molar-refractivity contribution in [3.63, 3.8) is 0 Å². The third kappa shape index (κ3) is 1.78. The molecule has 0 spiro atoms. The molecule has 3 nitrogen and oxygen atoms in total. The standard InChI is InChI=1S/C19H28O3/c1-18-8-7-14-12(13(18)5-6-17(18)22)4-3-11-9-15(20)16(21)10-19(11,14)2/h9,12-14,16-17,21-22H,3-8,10H2,1-2H3/t12-,13-,14-,16?,17-,18-,19-/m0/s1. The third-order valence-electron chi connectivity index (χ3n) is 7.95. The van der Waals surface area contributed by atoms with Crippen LogP contribution in [-0.4, -0.2) is 28.2 Å². The van der Waals surface area contributed by atoms with E-state index in [0.29, 0.717) is 24.2 Å². The Labute approximate surface area is 132 Å². The molecule has 4 aliphatic carbocycles. The van der Waals surface area contributed by atoms with Gasteiger partial charge in [0.1, 0.15) is 6.10 Å². The summed E-state index contributed by atoms with van der Waals surface area (Å²) in [4.78, 5) is 11.9. The van der Waals surface area contributed by atoms with Crippen LogP contribution in [-0.2, 0) is 4.79 Å². The van der Waals surface area contributed by atoms with Crippen molar-refractivity contribution < 1.29 is 15.0 Å². The highest BCUT2D eigenvalue weighted by molar-refractivity contribution is 5.95. The van der Waals surface area contributed by atoms with E-state index in [9.17, 15) is 15.0 Å². The van der Waals surface area contributed by atoms with Gasteiger partial charge in [-0.25, -0.2) is 0 Å². The zero-order chi connectivity index (χ0) is 15.7. The monoisotopic (exact) mass is 304 g/mol. The smallest absolute Gasteiger partial charge is 0.184 e. The van der Waals surface area contributed by atoms with Gasteiger partial charge in [0.05, 0.1) is 6.10 Å². The summed E-state index contributed by atoms with van der Waals surface area (Å²) in [6.45, 7) is 4.57. The van der Waals surface area contributed by atoms with Crippen LogP contribution in [0.2, 0.25) is 0 Å². The molecule has 4 aliphatic rings. The van der Waals surface area contributed by atoms with Gasteiger partial charge in [-0.1, -0.05) is 19.4 Å². The molecule has 0 heterocycles. The summed E-state index contributed by atoms with van der Waals surface area (Å²) in [5.41, 5.74) is 1.37. The highest BCUT2D eigenvalue weighted by Gasteiger charge is 2.59. The maximum atomic E-state index is 11.9. The van der Waals surface area contributed by atoms with Crippen molar-refractivity contribution in [1.82, 2.24) is 0 Å². The van der Waals surface area contributed by atoms with Gasteiger partial charge in [-0.2, -0.15) is 0 Å². The predicted octanol–water partition coefficient (Wildman–Crippen LogP) is 2.85. The van der Waals surface area contributed by atoms with E-state index in [1.807, 2.05) is 0 Å². The lowest BCUT2D eigenvalue weighted by molar-refractivity contribution is -0.128. The van der Waals surface area contributed by atoms with E-state index in [1.165, 1.54) is 5.57 Å². The van der Waals surface area contributed by atoms with Crippen molar-refractivity contribution >= 4 is 5.78 Å². The normalized spacial score (nSPS) is 54.3. The van der Waals surface area contributed by atoms with Crippen LogP contribution in [0.4, 0.5) is 0 Å². The third-order valence-corrected chi connectivity index (χ3v) is 7.95. The molecule has 0 aromatic rings. The molecule has 3 heteroatoms. The Morgan fingerprint density at radius 3 is 2.64 bits per heavy atom. The Kier molecular flexibility index (Phi) is 3.16. The predicted molar refractivity (Wildman–Crippen MR) is 84.1 cm³/mol. The topological polar surface area (TPSA) is 57.5 Å². The van der Waals surface area contributed by atoms with Gasteiger partial charge in [0.25, 0.3) is 0 Å². The zero-order valence-corrected chi connectivity index (χ0v) is 13.7. The minimum Gasteiger partial charge on any atom is -0.393 e. The van der Waals surface area contributed by atoms with Gasteiger partial charge in [-0.15, -0.1) is 0 Å². The first kappa shape index (κ1) is 14.9. The zero-order valence-electron chi connectivity index (χ0n) is 13.7. The summed E-state index contributed by atoms with van der Waals surface area (Å²) >= 11 is 0. The first-order valence-electron chi connectivity index (χ1n) is 8.97. The lowest BCUT2D eigenvalue weighted by atomic mass is 9.47.